The molecule has 0 bridgehead atoms. The molecule has 0 atom stereocenters. The Hall–Kier alpha value is -2.47. The van der Waals surface area contributed by atoms with Gasteiger partial charge in [-0.3, -0.25) is 5.41 Å². The first kappa shape index (κ1) is 15.4. The van der Waals surface area contributed by atoms with Crippen LogP contribution in [0.25, 0.3) is 11.4 Å². The van der Waals surface area contributed by atoms with Crippen molar-refractivity contribution in [1.82, 2.24) is 9.55 Å². The number of amidine groups is 1. The minimum absolute atomic E-state index is 0.0239. The number of aromatic nitrogens is 2. The van der Waals surface area contributed by atoms with Crippen LogP contribution >= 0.6 is 15.9 Å². The lowest BCUT2D eigenvalue weighted by Gasteiger charge is -2.12. The van der Waals surface area contributed by atoms with Gasteiger partial charge < -0.3 is 10.3 Å². The summed E-state index contributed by atoms with van der Waals surface area (Å²) in [5.74, 6) is 0.354. The van der Waals surface area contributed by atoms with E-state index in [2.05, 4.69) is 20.9 Å². The number of halogens is 2. The molecule has 0 saturated carbocycles. The molecule has 0 radical (unpaired) electrons. The average molecular weight is 373 g/mol. The van der Waals surface area contributed by atoms with Crippen LogP contribution in [-0.2, 0) is 6.54 Å². The number of nitrogens with one attached hydrogen (secondary N) is 1. The molecular formula is C17H14BrFN4. The molecule has 2 aromatic carbocycles. The average Bonchev–Trinajstić information content (AvgIpc) is 2.95. The van der Waals surface area contributed by atoms with Crippen molar-refractivity contribution in [2.75, 3.05) is 0 Å². The van der Waals surface area contributed by atoms with E-state index in [0.29, 0.717) is 28.0 Å². The zero-order chi connectivity index (χ0) is 16.4. The minimum Gasteiger partial charge on any atom is -0.384 e. The summed E-state index contributed by atoms with van der Waals surface area (Å²) in [4.78, 5) is 4.33. The van der Waals surface area contributed by atoms with Crippen LogP contribution in [0.3, 0.4) is 0 Å². The summed E-state index contributed by atoms with van der Waals surface area (Å²) in [6.07, 6.45) is 3.50. The van der Waals surface area contributed by atoms with E-state index in [9.17, 15) is 4.39 Å². The van der Waals surface area contributed by atoms with Crippen molar-refractivity contribution < 1.29 is 4.39 Å². The zero-order valence-corrected chi connectivity index (χ0v) is 13.7. The van der Waals surface area contributed by atoms with E-state index in [-0.39, 0.29) is 11.7 Å². The summed E-state index contributed by atoms with van der Waals surface area (Å²) in [5, 5.41) is 7.68. The van der Waals surface area contributed by atoms with Crippen LogP contribution in [-0.4, -0.2) is 15.4 Å². The van der Waals surface area contributed by atoms with Crippen LogP contribution in [0.15, 0.2) is 59.3 Å². The number of rotatable bonds is 4. The minimum atomic E-state index is -0.326. The molecule has 0 spiro atoms. The molecule has 0 aliphatic heterocycles. The van der Waals surface area contributed by atoms with Crippen molar-refractivity contribution in [2.24, 2.45) is 5.73 Å². The number of nitrogens with two attached hydrogens (primary N) is 1. The molecule has 4 nitrogen and oxygen atoms in total. The lowest BCUT2D eigenvalue weighted by molar-refractivity contribution is 0.627. The molecule has 0 unspecified atom stereocenters. The molecule has 116 valence electrons. The normalized spacial score (nSPS) is 10.7. The Kier molecular flexibility index (Phi) is 4.25. The van der Waals surface area contributed by atoms with Crippen molar-refractivity contribution in [3.05, 3.63) is 76.3 Å². The Labute approximate surface area is 141 Å². The summed E-state index contributed by atoms with van der Waals surface area (Å²) in [6, 6.07) is 12.1. The van der Waals surface area contributed by atoms with Gasteiger partial charge in [-0.25, -0.2) is 9.37 Å². The Bertz CT molecular complexity index is 852. The Morgan fingerprint density at radius 3 is 2.78 bits per heavy atom. The second-order valence-corrected chi connectivity index (χ2v) is 6.02. The van der Waals surface area contributed by atoms with Crippen molar-refractivity contribution in [3.63, 3.8) is 0 Å². The lowest BCUT2D eigenvalue weighted by atomic mass is 10.1. The van der Waals surface area contributed by atoms with Crippen LogP contribution in [0.1, 0.15) is 11.1 Å². The number of hydrogen-bond donors (Lipinski definition) is 2. The second-order valence-electron chi connectivity index (χ2n) is 5.11. The zero-order valence-electron chi connectivity index (χ0n) is 12.1. The quantitative estimate of drug-likeness (QED) is 0.540. The predicted molar refractivity (Wildman–Crippen MR) is 91.9 cm³/mol. The topological polar surface area (TPSA) is 67.7 Å². The Morgan fingerprint density at radius 1 is 1.26 bits per heavy atom. The van der Waals surface area contributed by atoms with E-state index in [1.54, 1.807) is 6.20 Å². The summed E-state index contributed by atoms with van der Waals surface area (Å²) >= 11 is 3.30. The van der Waals surface area contributed by atoms with Gasteiger partial charge in [-0.1, -0.05) is 40.2 Å². The summed E-state index contributed by atoms with van der Waals surface area (Å²) < 4.78 is 16.2. The van der Waals surface area contributed by atoms with Crippen LogP contribution < -0.4 is 5.73 Å². The molecule has 0 fully saturated rings. The number of hydrogen-bond acceptors (Lipinski definition) is 2. The van der Waals surface area contributed by atoms with Gasteiger partial charge in [0.15, 0.2) is 0 Å². The molecule has 23 heavy (non-hydrogen) atoms. The Morgan fingerprint density at radius 2 is 2.04 bits per heavy atom. The highest BCUT2D eigenvalue weighted by molar-refractivity contribution is 9.10. The molecule has 3 N–H and O–H groups in total. The fraction of sp³-hybridized carbons (Fsp3) is 0.0588. The highest BCUT2D eigenvalue weighted by Gasteiger charge is 2.11. The van der Waals surface area contributed by atoms with Gasteiger partial charge in [-0.15, -0.1) is 0 Å². The summed E-state index contributed by atoms with van der Waals surface area (Å²) in [5.41, 5.74) is 7.92. The summed E-state index contributed by atoms with van der Waals surface area (Å²) in [6.45, 7) is 0.499. The number of benzene rings is 2. The van der Waals surface area contributed by atoms with Crippen molar-refractivity contribution in [2.45, 2.75) is 6.54 Å². The number of imidazole rings is 1. The predicted octanol–water partition coefficient (Wildman–Crippen LogP) is 3.78. The van der Waals surface area contributed by atoms with E-state index >= 15 is 0 Å². The van der Waals surface area contributed by atoms with Crippen LogP contribution in [0.4, 0.5) is 4.39 Å². The van der Waals surface area contributed by atoms with E-state index < -0.39 is 0 Å². The highest BCUT2D eigenvalue weighted by Crippen LogP contribution is 2.24. The first-order chi connectivity index (χ1) is 11.0. The van der Waals surface area contributed by atoms with Gasteiger partial charge in [-0.2, -0.15) is 0 Å². The third-order valence-electron chi connectivity index (χ3n) is 3.48. The van der Waals surface area contributed by atoms with Gasteiger partial charge in [0.2, 0.25) is 0 Å². The van der Waals surface area contributed by atoms with E-state index in [0.717, 1.165) is 5.56 Å². The second kappa shape index (κ2) is 6.34. The molecule has 0 amide bonds. The van der Waals surface area contributed by atoms with Gasteiger partial charge in [-0.05, 0) is 23.8 Å². The largest absolute Gasteiger partial charge is 0.384 e. The first-order valence-corrected chi connectivity index (χ1v) is 7.74. The molecule has 0 saturated heterocycles. The van der Waals surface area contributed by atoms with Crippen molar-refractivity contribution in [3.8, 4) is 11.4 Å². The number of nitrogens with zero attached hydrogens (tertiary/aromatic N) is 2. The van der Waals surface area contributed by atoms with Gasteiger partial charge in [0.1, 0.15) is 17.5 Å². The molecule has 1 heterocycles. The first-order valence-electron chi connectivity index (χ1n) is 6.94. The third kappa shape index (κ3) is 3.32. The highest BCUT2D eigenvalue weighted by atomic mass is 79.9. The third-order valence-corrected chi connectivity index (χ3v) is 3.94. The van der Waals surface area contributed by atoms with Gasteiger partial charge in [0, 0.05) is 34.5 Å². The van der Waals surface area contributed by atoms with Crippen molar-refractivity contribution in [1.29, 1.82) is 5.41 Å². The lowest BCUT2D eigenvalue weighted by Crippen LogP contribution is -2.15. The standard InChI is InChI=1S/C17H14BrFN4/c18-13-7-12(8-14(19)9-13)17-22-5-6-23(17)10-11-3-1-2-4-15(11)16(20)21/h1-9H,10H2,(H3,20,21). The van der Waals surface area contributed by atoms with Crippen LogP contribution in [0.5, 0.6) is 0 Å². The van der Waals surface area contributed by atoms with E-state index in [1.165, 1.54) is 12.1 Å². The maximum absolute atomic E-state index is 13.6. The van der Waals surface area contributed by atoms with Crippen LogP contribution in [0, 0.1) is 11.2 Å². The molecule has 0 aliphatic carbocycles. The SMILES string of the molecule is N=C(N)c1ccccc1Cn1ccnc1-c1cc(F)cc(Br)c1. The molecule has 6 heteroatoms. The van der Waals surface area contributed by atoms with Crippen LogP contribution in [0.2, 0.25) is 0 Å². The monoisotopic (exact) mass is 372 g/mol. The number of nitrogen functional groups attached to an aromatic ring is 1. The molecule has 3 aromatic rings. The molecule has 0 aliphatic rings. The molecule has 1 aromatic heterocycles. The summed E-state index contributed by atoms with van der Waals surface area (Å²) in [7, 11) is 0. The molecular weight excluding hydrogens is 359 g/mol. The maximum Gasteiger partial charge on any atom is 0.140 e. The van der Waals surface area contributed by atoms with E-state index in [4.69, 9.17) is 11.1 Å². The fourth-order valence-corrected chi connectivity index (χ4v) is 2.95. The Balaban J connectivity index is 2.01. The van der Waals surface area contributed by atoms with Gasteiger partial charge >= 0.3 is 0 Å². The molecule has 3 rings (SSSR count). The van der Waals surface area contributed by atoms with E-state index in [1.807, 2.05) is 41.1 Å². The van der Waals surface area contributed by atoms with Crippen molar-refractivity contribution >= 4 is 21.8 Å². The fourth-order valence-electron chi connectivity index (χ4n) is 2.48. The maximum atomic E-state index is 13.6. The van der Waals surface area contributed by atoms with Gasteiger partial charge in [0.05, 0.1) is 0 Å². The smallest absolute Gasteiger partial charge is 0.140 e. The van der Waals surface area contributed by atoms with Gasteiger partial charge in [0.25, 0.3) is 0 Å².